The van der Waals surface area contributed by atoms with Gasteiger partial charge in [0.05, 0.1) is 27.6 Å². The molecule has 2 amide bonds. The van der Waals surface area contributed by atoms with E-state index in [9.17, 15) is 14.0 Å². The number of aromatic nitrogens is 2. The Hall–Kier alpha value is -4.01. The molecule has 0 aliphatic carbocycles. The van der Waals surface area contributed by atoms with E-state index >= 15 is 0 Å². The summed E-state index contributed by atoms with van der Waals surface area (Å²) in [5, 5.41) is 11.2. The fraction of sp³-hybridized carbons (Fsp3) is 0. The number of hydrogen-bond donors (Lipinski definition) is 2. The van der Waals surface area contributed by atoms with Gasteiger partial charge in [0.1, 0.15) is 11.5 Å². The molecule has 1 aromatic heterocycles. The van der Waals surface area contributed by atoms with Gasteiger partial charge in [0.15, 0.2) is 0 Å². The van der Waals surface area contributed by atoms with Crippen LogP contribution >= 0.6 is 23.2 Å². The molecule has 0 atom stereocenters. The number of carbonyl (C=O) groups is 2. The Morgan fingerprint density at radius 3 is 2.41 bits per heavy atom. The molecule has 7 nitrogen and oxygen atoms in total. The van der Waals surface area contributed by atoms with Crippen LogP contribution in [-0.2, 0) is 9.59 Å². The fourth-order valence-electron chi connectivity index (χ4n) is 3.02. The topological polar surface area (TPSA) is 88.4 Å². The first kappa shape index (κ1) is 23.2. The molecule has 0 spiro atoms. The van der Waals surface area contributed by atoms with Crippen molar-refractivity contribution in [1.29, 1.82) is 0 Å². The van der Waals surface area contributed by atoms with E-state index in [2.05, 4.69) is 20.9 Å². The van der Waals surface area contributed by atoms with Gasteiger partial charge in [-0.2, -0.15) is 10.2 Å². The quantitative estimate of drug-likeness (QED) is 0.230. The number of nitrogens with zero attached hydrogens (tertiary/aromatic N) is 3. The van der Waals surface area contributed by atoms with Crippen LogP contribution in [0.2, 0.25) is 10.0 Å². The van der Waals surface area contributed by atoms with Crippen molar-refractivity contribution in [2.45, 2.75) is 0 Å². The number of carbonyl (C=O) groups excluding carboxylic acids is 2. The molecule has 0 bridgehead atoms. The summed E-state index contributed by atoms with van der Waals surface area (Å²) in [7, 11) is 0. The molecule has 0 aliphatic rings. The maximum Gasteiger partial charge on any atom is 0.329 e. The summed E-state index contributed by atoms with van der Waals surface area (Å²) in [5.74, 6) is -2.36. The Balaban J connectivity index is 1.54. The molecule has 4 aromatic rings. The second-order valence-electron chi connectivity index (χ2n) is 6.97. The molecule has 0 fully saturated rings. The predicted octanol–water partition coefficient (Wildman–Crippen LogP) is 5.07. The van der Waals surface area contributed by atoms with Crippen molar-refractivity contribution in [3.63, 3.8) is 0 Å². The maximum atomic E-state index is 13.4. The van der Waals surface area contributed by atoms with Crippen LogP contribution in [0.15, 0.2) is 84.1 Å². The highest BCUT2D eigenvalue weighted by molar-refractivity contribution is 6.45. The Kier molecular flexibility index (Phi) is 7.01. The Labute approximate surface area is 203 Å². The summed E-state index contributed by atoms with van der Waals surface area (Å²) in [6, 6.07) is 19.8. The molecule has 0 unspecified atom stereocenters. The second kappa shape index (κ2) is 10.3. The van der Waals surface area contributed by atoms with Crippen LogP contribution in [0.3, 0.4) is 0 Å². The van der Waals surface area contributed by atoms with Gasteiger partial charge in [-0.3, -0.25) is 9.59 Å². The minimum absolute atomic E-state index is 0.117. The highest BCUT2D eigenvalue weighted by Crippen LogP contribution is 2.29. The van der Waals surface area contributed by atoms with Crippen molar-refractivity contribution >= 4 is 46.9 Å². The van der Waals surface area contributed by atoms with Crippen molar-refractivity contribution in [2.75, 3.05) is 5.32 Å². The molecule has 3 aromatic carbocycles. The van der Waals surface area contributed by atoms with Crippen LogP contribution < -0.4 is 10.7 Å². The van der Waals surface area contributed by atoms with E-state index in [0.29, 0.717) is 16.8 Å². The van der Waals surface area contributed by atoms with Crippen LogP contribution in [0.5, 0.6) is 0 Å². The van der Waals surface area contributed by atoms with Crippen LogP contribution in [0, 0.1) is 5.82 Å². The SMILES string of the molecule is O=C(NN=Cc1cn(-c2ccccc2)nc1-c1ccc(F)cc1)C(=O)Nc1cccc(Cl)c1Cl. The molecule has 0 radical (unpaired) electrons. The Morgan fingerprint density at radius 2 is 1.68 bits per heavy atom. The lowest BCUT2D eigenvalue weighted by molar-refractivity contribution is -0.136. The maximum absolute atomic E-state index is 13.4. The predicted molar refractivity (Wildman–Crippen MR) is 130 cm³/mol. The largest absolute Gasteiger partial charge is 0.329 e. The smallest absolute Gasteiger partial charge is 0.316 e. The van der Waals surface area contributed by atoms with Gasteiger partial charge in [0.2, 0.25) is 0 Å². The molecular weight excluding hydrogens is 480 g/mol. The third-order valence-electron chi connectivity index (χ3n) is 4.66. The number of halogens is 3. The average Bonchev–Trinajstić information content (AvgIpc) is 3.27. The van der Waals surface area contributed by atoms with E-state index in [1.54, 1.807) is 35.1 Å². The summed E-state index contributed by atoms with van der Waals surface area (Å²) in [6.07, 6.45) is 3.05. The van der Waals surface area contributed by atoms with E-state index in [0.717, 1.165) is 5.69 Å². The summed E-state index contributed by atoms with van der Waals surface area (Å²) in [6.45, 7) is 0. The van der Waals surface area contributed by atoms with Crippen LogP contribution in [-0.4, -0.2) is 27.8 Å². The van der Waals surface area contributed by atoms with E-state index in [1.807, 2.05) is 30.3 Å². The molecule has 10 heteroatoms. The zero-order valence-electron chi connectivity index (χ0n) is 17.4. The van der Waals surface area contributed by atoms with Crippen LogP contribution in [0.4, 0.5) is 10.1 Å². The van der Waals surface area contributed by atoms with E-state index in [-0.39, 0.29) is 21.5 Å². The number of anilines is 1. The van der Waals surface area contributed by atoms with Crippen molar-refractivity contribution < 1.29 is 14.0 Å². The van der Waals surface area contributed by atoms with Gasteiger partial charge < -0.3 is 5.32 Å². The lowest BCUT2D eigenvalue weighted by Crippen LogP contribution is -2.32. The first-order valence-electron chi connectivity index (χ1n) is 9.92. The average molecular weight is 496 g/mol. The number of nitrogens with one attached hydrogen (secondary N) is 2. The molecule has 0 saturated carbocycles. The number of rotatable bonds is 5. The van der Waals surface area contributed by atoms with E-state index in [4.69, 9.17) is 23.2 Å². The highest BCUT2D eigenvalue weighted by Gasteiger charge is 2.16. The molecular formula is C24H16Cl2FN5O2. The molecule has 1 heterocycles. The van der Waals surface area contributed by atoms with E-state index < -0.39 is 11.8 Å². The van der Waals surface area contributed by atoms with Crippen molar-refractivity contribution in [1.82, 2.24) is 15.2 Å². The van der Waals surface area contributed by atoms with Crippen molar-refractivity contribution in [3.8, 4) is 16.9 Å². The van der Waals surface area contributed by atoms with Gasteiger partial charge in [0.25, 0.3) is 0 Å². The molecule has 2 N–H and O–H groups in total. The third-order valence-corrected chi connectivity index (χ3v) is 5.48. The highest BCUT2D eigenvalue weighted by atomic mass is 35.5. The van der Waals surface area contributed by atoms with Gasteiger partial charge in [0, 0.05) is 17.3 Å². The number of hydrogen-bond acceptors (Lipinski definition) is 4. The second-order valence-corrected chi connectivity index (χ2v) is 7.76. The summed E-state index contributed by atoms with van der Waals surface area (Å²) < 4.78 is 15.0. The first-order chi connectivity index (χ1) is 16.4. The number of amides is 2. The van der Waals surface area contributed by atoms with Crippen molar-refractivity contribution in [2.24, 2.45) is 5.10 Å². The Bertz CT molecular complexity index is 1370. The molecule has 0 aliphatic heterocycles. The third kappa shape index (κ3) is 5.31. The molecule has 0 saturated heterocycles. The van der Waals surface area contributed by atoms with Crippen molar-refractivity contribution in [3.05, 3.63) is 100 Å². The normalized spacial score (nSPS) is 10.9. The lowest BCUT2D eigenvalue weighted by atomic mass is 10.1. The molecule has 170 valence electrons. The van der Waals surface area contributed by atoms with Gasteiger partial charge in [-0.25, -0.2) is 14.5 Å². The van der Waals surface area contributed by atoms with Gasteiger partial charge in [-0.15, -0.1) is 0 Å². The minimum Gasteiger partial charge on any atom is -0.316 e. The van der Waals surface area contributed by atoms with Crippen LogP contribution in [0.25, 0.3) is 16.9 Å². The number of hydrazone groups is 1. The monoisotopic (exact) mass is 495 g/mol. The number of benzene rings is 3. The van der Waals surface area contributed by atoms with Gasteiger partial charge in [-0.1, -0.05) is 47.5 Å². The fourth-order valence-corrected chi connectivity index (χ4v) is 3.37. The van der Waals surface area contributed by atoms with Gasteiger partial charge >= 0.3 is 11.8 Å². The first-order valence-corrected chi connectivity index (χ1v) is 10.7. The lowest BCUT2D eigenvalue weighted by Gasteiger charge is -2.06. The summed E-state index contributed by atoms with van der Waals surface area (Å²) in [5.41, 5.74) is 4.86. The summed E-state index contributed by atoms with van der Waals surface area (Å²) in [4.78, 5) is 24.4. The zero-order valence-corrected chi connectivity index (χ0v) is 18.9. The zero-order chi connectivity index (χ0) is 24.1. The standard InChI is InChI=1S/C24H16Cl2FN5O2/c25-19-7-4-8-20(21(19)26)29-23(33)24(34)30-28-13-16-14-32(18-5-2-1-3-6-18)31-22(16)15-9-11-17(27)12-10-15/h1-14H,(H,29,33)(H,30,34). The molecule has 4 rings (SSSR count). The Morgan fingerprint density at radius 1 is 0.941 bits per heavy atom. The van der Waals surface area contributed by atoms with Gasteiger partial charge in [-0.05, 0) is 48.5 Å². The number of para-hydroxylation sites is 1. The van der Waals surface area contributed by atoms with E-state index in [1.165, 1.54) is 24.4 Å². The molecule has 34 heavy (non-hydrogen) atoms. The van der Waals surface area contributed by atoms with Crippen LogP contribution in [0.1, 0.15) is 5.56 Å². The minimum atomic E-state index is -1.01. The summed E-state index contributed by atoms with van der Waals surface area (Å²) >= 11 is 11.9.